The van der Waals surface area contributed by atoms with Gasteiger partial charge in [-0.25, -0.2) is 9.78 Å². The second-order valence-corrected chi connectivity index (χ2v) is 12.7. The van der Waals surface area contributed by atoms with Crippen molar-refractivity contribution in [3.05, 3.63) is 80.6 Å². The topological polar surface area (TPSA) is 138 Å². The van der Waals surface area contributed by atoms with Gasteiger partial charge in [0.15, 0.2) is 5.03 Å². The van der Waals surface area contributed by atoms with Crippen molar-refractivity contribution in [2.75, 3.05) is 4.72 Å². The maximum Gasteiger partial charge on any atom is 0.327 e. The van der Waals surface area contributed by atoms with Gasteiger partial charge >= 0.3 is 5.97 Å². The zero-order valence-corrected chi connectivity index (χ0v) is 23.9. The minimum Gasteiger partial charge on any atom is -0.480 e. The van der Waals surface area contributed by atoms with E-state index in [1.807, 2.05) is 22.6 Å². The van der Waals surface area contributed by atoms with E-state index in [0.29, 0.717) is 24.2 Å². The molecule has 0 aliphatic heterocycles. The largest absolute Gasteiger partial charge is 0.480 e. The van der Waals surface area contributed by atoms with Gasteiger partial charge in [0.1, 0.15) is 6.04 Å². The van der Waals surface area contributed by atoms with Crippen molar-refractivity contribution in [3.63, 3.8) is 0 Å². The number of halogens is 2. The molecular formula is C24H20ClIN4O5S2. The molecular weight excluding hydrogens is 651 g/mol. The van der Waals surface area contributed by atoms with E-state index < -0.39 is 33.4 Å². The Hall–Kier alpha value is -2.81. The summed E-state index contributed by atoms with van der Waals surface area (Å²) in [7, 11) is -4.21. The van der Waals surface area contributed by atoms with Gasteiger partial charge in [-0.15, -0.1) is 0 Å². The third kappa shape index (κ3) is 5.71. The molecule has 2 heterocycles. The average molecular weight is 671 g/mol. The Morgan fingerprint density at radius 2 is 1.84 bits per heavy atom. The number of benzene rings is 2. The number of aromatic nitrogens is 2. The van der Waals surface area contributed by atoms with E-state index in [1.54, 1.807) is 50.2 Å². The molecule has 3 N–H and O–H groups in total. The fourth-order valence-electron chi connectivity index (χ4n) is 3.78. The number of carbonyl (C=O) groups excluding carboxylic acids is 1. The summed E-state index contributed by atoms with van der Waals surface area (Å²) >= 11 is 9.09. The Labute approximate surface area is 235 Å². The van der Waals surface area contributed by atoms with Gasteiger partial charge in [-0.1, -0.05) is 37.6 Å². The number of nitrogens with one attached hydrogen (secondary N) is 2. The summed E-state index contributed by atoms with van der Waals surface area (Å²) in [6, 6.07) is 11.5. The first-order valence-corrected chi connectivity index (χ1v) is 14.4. The van der Waals surface area contributed by atoms with Crippen LogP contribution < -0.4 is 10.0 Å². The molecule has 0 saturated carbocycles. The van der Waals surface area contributed by atoms with Gasteiger partial charge in [0.25, 0.3) is 15.9 Å². The number of carboxylic acid groups (broad SMARTS) is 1. The molecule has 0 fully saturated rings. The molecule has 1 amide bonds. The Bertz CT molecular complexity index is 1610. The zero-order chi connectivity index (χ0) is 27.0. The van der Waals surface area contributed by atoms with E-state index in [2.05, 4.69) is 19.4 Å². The lowest BCUT2D eigenvalue weighted by molar-refractivity contribution is -0.140. The molecule has 4 aromatic rings. The quantitative estimate of drug-likeness (QED) is 0.227. The third-order valence-corrected chi connectivity index (χ3v) is 8.81. The number of amides is 1. The highest BCUT2D eigenvalue weighted by molar-refractivity contribution is 14.1. The Kier molecular flexibility index (Phi) is 7.74. The first kappa shape index (κ1) is 27.2. The second-order valence-electron chi connectivity index (χ2n) is 8.62. The van der Waals surface area contributed by atoms with Crippen LogP contribution in [-0.4, -0.2) is 40.8 Å². The number of rotatable bonds is 8. The van der Waals surface area contributed by atoms with Crippen LogP contribution in [0.15, 0.2) is 66.0 Å². The molecule has 2 aromatic carbocycles. The monoisotopic (exact) mass is 670 g/mol. The van der Waals surface area contributed by atoms with Gasteiger partial charge in [0, 0.05) is 20.2 Å². The predicted octanol–water partition coefficient (Wildman–Crippen LogP) is 4.91. The van der Waals surface area contributed by atoms with Crippen molar-refractivity contribution in [2.45, 2.75) is 30.3 Å². The summed E-state index contributed by atoms with van der Waals surface area (Å²) in [6.45, 7) is 3.38. The van der Waals surface area contributed by atoms with Crippen molar-refractivity contribution in [1.82, 2.24) is 14.7 Å². The van der Waals surface area contributed by atoms with Gasteiger partial charge in [0.05, 0.1) is 27.5 Å². The fourth-order valence-corrected chi connectivity index (χ4v) is 6.31. The molecule has 1 unspecified atom stereocenters. The van der Waals surface area contributed by atoms with Crippen LogP contribution in [0.3, 0.4) is 0 Å². The van der Waals surface area contributed by atoms with Gasteiger partial charge in [-0.2, -0.15) is 12.8 Å². The highest BCUT2D eigenvalue weighted by atomic mass is 127. The van der Waals surface area contributed by atoms with Crippen LogP contribution in [-0.2, 0) is 20.2 Å². The molecule has 9 nitrogen and oxygen atoms in total. The van der Waals surface area contributed by atoms with Gasteiger partial charge < -0.3 is 10.4 Å². The Morgan fingerprint density at radius 3 is 2.51 bits per heavy atom. The highest BCUT2D eigenvalue weighted by Gasteiger charge is 2.38. The number of hydrogen-bond donors (Lipinski definition) is 3. The second kappa shape index (κ2) is 10.5. The number of nitrogens with zero attached hydrogens (tertiary/aromatic N) is 2. The summed E-state index contributed by atoms with van der Waals surface area (Å²) in [5, 5.41) is 13.2. The van der Waals surface area contributed by atoms with Gasteiger partial charge in [-0.3, -0.25) is 9.52 Å². The molecule has 0 aliphatic rings. The van der Waals surface area contributed by atoms with Crippen LogP contribution in [0.4, 0.5) is 5.69 Å². The summed E-state index contributed by atoms with van der Waals surface area (Å²) in [4.78, 5) is 29.6. The predicted molar refractivity (Wildman–Crippen MR) is 151 cm³/mol. The SMILES string of the molecule is CC(C)(c1ccc(Cl)cc1)C(NC(=O)c1ccc(I)cc1NS(=O)(=O)c1nccc2sncc12)C(=O)O. The molecule has 1 atom stereocenters. The molecule has 4 rings (SSSR count). The maximum atomic E-state index is 13.4. The standard InChI is InChI=1S/C24H20ClIN4O5S2/c1-24(2,13-3-5-14(25)6-4-13)20(23(32)33)29-21(31)16-8-7-15(26)11-18(16)30-37(34,35)22-17-12-28-36-19(17)9-10-27-22/h3-12,20,30H,1-2H3,(H,29,31)(H,32,33). The molecule has 0 bridgehead atoms. The van der Waals surface area contributed by atoms with E-state index in [-0.39, 0.29) is 16.3 Å². The van der Waals surface area contributed by atoms with Crippen LogP contribution in [0.1, 0.15) is 29.8 Å². The lowest BCUT2D eigenvalue weighted by atomic mass is 9.77. The number of hydrogen-bond acceptors (Lipinski definition) is 7. The zero-order valence-electron chi connectivity index (χ0n) is 19.4. The number of anilines is 1. The molecule has 0 aliphatic carbocycles. The normalized spacial score (nSPS) is 12.8. The summed E-state index contributed by atoms with van der Waals surface area (Å²) in [5.74, 6) is -2.01. The molecule has 2 aromatic heterocycles. The maximum absolute atomic E-state index is 13.4. The van der Waals surface area contributed by atoms with Gasteiger partial charge in [-0.05, 0) is 76.1 Å². The van der Waals surface area contributed by atoms with Crippen molar-refractivity contribution in [1.29, 1.82) is 0 Å². The molecule has 0 radical (unpaired) electrons. The van der Waals surface area contributed by atoms with E-state index >= 15 is 0 Å². The Morgan fingerprint density at radius 1 is 1.14 bits per heavy atom. The van der Waals surface area contributed by atoms with Crippen LogP contribution in [0.5, 0.6) is 0 Å². The summed E-state index contributed by atoms with van der Waals surface area (Å²) < 4.78 is 34.3. The number of fused-ring (bicyclic) bond motifs is 1. The van der Waals surface area contributed by atoms with Crippen molar-refractivity contribution >= 4 is 83.4 Å². The van der Waals surface area contributed by atoms with E-state index in [0.717, 1.165) is 11.5 Å². The van der Waals surface area contributed by atoms with E-state index in [1.165, 1.54) is 24.5 Å². The highest BCUT2D eigenvalue weighted by Crippen LogP contribution is 2.30. The van der Waals surface area contributed by atoms with Crippen molar-refractivity contribution in [2.24, 2.45) is 0 Å². The number of carbonyl (C=O) groups is 2. The smallest absolute Gasteiger partial charge is 0.327 e. The lowest BCUT2D eigenvalue weighted by Gasteiger charge is -2.32. The average Bonchev–Trinajstić information content (AvgIpc) is 3.31. The Balaban J connectivity index is 1.68. The first-order valence-electron chi connectivity index (χ1n) is 10.7. The van der Waals surface area contributed by atoms with E-state index in [9.17, 15) is 23.1 Å². The van der Waals surface area contributed by atoms with Crippen molar-refractivity contribution in [3.8, 4) is 0 Å². The molecule has 13 heteroatoms. The number of sulfonamides is 1. The minimum atomic E-state index is -4.21. The lowest BCUT2D eigenvalue weighted by Crippen LogP contribution is -2.52. The van der Waals surface area contributed by atoms with Crippen LogP contribution >= 0.6 is 45.7 Å². The molecule has 0 saturated heterocycles. The fraction of sp³-hybridized carbons (Fsp3) is 0.167. The van der Waals surface area contributed by atoms with Crippen LogP contribution in [0.2, 0.25) is 5.02 Å². The third-order valence-electron chi connectivity index (χ3n) is 5.80. The van der Waals surface area contributed by atoms with E-state index in [4.69, 9.17) is 11.6 Å². The van der Waals surface area contributed by atoms with Crippen LogP contribution in [0, 0.1) is 3.57 Å². The van der Waals surface area contributed by atoms with Crippen molar-refractivity contribution < 1.29 is 23.1 Å². The first-order chi connectivity index (χ1) is 17.4. The molecule has 192 valence electrons. The summed E-state index contributed by atoms with van der Waals surface area (Å²) in [6.07, 6.45) is 2.79. The summed E-state index contributed by atoms with van der Waals surface area (Å²) in [5.41, 5.74) is -0.435. The van der Waals surface area contributed by atoms with Gasteiger partial charge in [0.2, 0.25) is 0 Å². The number of pyridine rings is 1. The molecule has 37 heavy (non-hydrogen) atoms. The van der Waals surface area contributed by atoms with Crippen LogP contribution in [0.25, 0.3) is 10.1 Å². The minimum absolute atomic E-state index is 0.0140. The number of aliphatic carboxylic acids is 1. The number of carboxylic acids is 1. The molecule has 0 spiro atoms.